The molecule has 6 nitrogen and oxygen atoms in total. The Morgan fingerprint density at radius 1 is 1.07 bits per heavy atom. The molecule has 4 rings (SSSR count). The van der Waals surface area contributed by atoms with Gasteiger partial charge in [-0.25, -0.2) is 0 Å². The molecule has 0 atom stereocenters. The number of hydrogen-bond donors (Lipinski definition) is 1. The number of carbonyl (C=O) groups is 1. The number of aryl methyl sites for hydroxylation is 1. The number of benzene rings is 2. The zero-order valence-corrected chi connectivity index (χ0v) is 14.7. The molecule has 0 aliphatic rings. The molecule has 0 saturated heterocycles. The summed E-state index contributed by atoms with van der Waals surface area (Å²) in [5, 5.41) is 7.49. The number of carbonyl (C=O) groups excluding carboxylic acids is 1. The molecule has 2 heterocycles. The Morgan fingerprint density at radius 2 is 1.93 bits per heavy atom. The minimum atomic E-state index is -0.398. The van der Waals surface area contributed by atoms with Crippen molar-refractivity contribution in [3.63, 3.8) is 0 Å². The van der Waals surface area contributed by atoms with Gasteiger partial charge in [0, 0.05) is 11.1 Å². The van der Waals surface area contributed by atoms with Crippen LogP contribution in [0.4, 0.5) is 5.69 Å². The second-order valence-corrected chi connectivity index (χ2v) is 6.08. The summed E-state index contributed by atoms with van der Waals surface area (Å²) in [5.41, 5.74) is 3.40. The minimum absolute atomic E-state index is 0.0788. The summed E-state index contributed by atoms with van der Waals surface area (Å²) in [4.78, 5) is 17.0. The van der Waals surface area contributed by atoms with Crippen LogP contribution in [0.5, 0.6) is 5.88 Å². The highest BCUT2D eigenvalue weighted by atomic mass is 16.5. The molecule has 6 heteroatoms. The Balaban J connectivity index is 1.47. The molecule has 0 aliphatic carbocycles. The van der Waals surface area contributed by atoms with E-state index >= 15 is 0 Å². The lowest BCUT2D eigenvalue weighted by atomic mass is 10.1. The molecule has 0 saturated carbocycles. The zero-order chi connectivity index (χ0) is 18.6. The first-order valence-electron chi connectivity index (χ1n) is 8.50. The van der Waals surface area contributed by atoms with E-state index in [0.29, 0.717) is 12.3 Å². The minimum Gasteiger partial charge on any atom is -0.471 e. The number of pyridine rings is 1. The number of nitrogens with zero attached hydrogens (tertiary/aromatic N) is 2. The lowest BCUT2D eigenvalue weighted by molar-refractivity contribution is 0.0987. The highest BCUT2D eigenvalue weighted by molar-refractivity contribution is 6.07. The third-order valence-electron chi connectivity index (χ3n) is 4.06. The van der Waals surface area contributed by atoms with Gasteiger partial charge >= 0.3 is 0 Å². The molecule has 0 unspecified atom stereocenters. The van der Waals surface area contributed by atoms with Crippen molar-refractivity contribution in [3.05, 3.63) is 83.7 Å². The fraction of sp³-hybridized carbons (Fsp3) is 0.0952. The number of fused-ring (bicyclic) bond motifs is 1. The van der Waals surface area contributed by atoms with Gasteiger partial charge in [0.2, 0.25) is 5.76 Å². The van der Waals surface area contributed by atoms with E-state index in [-0.39, 0.29) is 11.6 Å². The molecule has 0 aliphatic heterocycles. The Kier molecular flexibility index (Phi) is 4.53. The number of hydrogen-bond acceptors (Lipinski definition) is 5. The van der Waals surface area contributed by atoms with E-state index in [1.165, 1.54) is 6.07 Å². The molecule has 134 valence electrons. The fourth-order valence-electron chi connectivity index (χ4n) is 2.72. The summed E-state index contributed by atoms with van der Waals surface area (Å²) in [7, 11) is 0. The number of aromatic nitrogens is 2. The second kappa shape index (κ2) is 7.29. The van der Waals surface area contributed by atoms with Gasteiger partial charge in [-0.05, 0) is 41.9 Å². The van der Waals surface area contributed by atoms with E-state index in [0.717, 1.165) is 22.2 Å². The molecule has 1 N–H and O–H groups in total. The van der Waals surface area contributed by atoms with Gasteiger partial charge in [0.05, 0.1) is 17.3 Å². The number of anilines is 1. The van der Waals surface area contributed by atoms with Crippen LogP contribution in [-0.4, -0.2) is 16.0 Å². The molecule has 4 aromatic rings. The van der Waals surface area contributed by atoms with Crippen LogP contribution in [0.25, 0.3) is 10.9 Å². The molecule has 0 fully saturated rings. The zero-order valence-electron chi connectivity index (χ0n) is 14.7. The molecule has 1 amide bonds. The fourth-order valence-corrected chi connectivity index (χ4v) is 2.72. The van der Waals surface area contributed by atoms with E-state index in [9.17, 15) is 4.79 Å². The van der Waals surface area contributed by atoms with Crippen molar-refractivity contribution in [2.45, 2.75) is 13.5 Å². The topological polar surface area (TPSA) is 77.2 Å². The van der Waals surface area contributed by atoms with Crippen LogP contribution in [0.1, 0.15) is 21.8 Å². The van der Waals surface area contributed by atoms with E-state index in [1.54, 1.807) is 0 Å². The van der Waals surface area contributed by atoms with Crippen LogP contribution in [0, 0.1) is 6.92 Å². The van der Waals surface area contributed by atoms with E-state index in [2.05, 4.69) is 15.5 Å². The van der Waals surface area contributed by atoms with Crippen molar-refractivity contribution in [3.8, 4) is 5.88 Å². The maximum Gasteiger partial charge on any atom is 0.294 e. The van der Waals surface area contributed by atoms with Crippen molar-refractivity contribution in [2.24, 2.45) is 0 Å². The standard InChI is InChI=1S/C21H17N3O3/c1-14-10-11-16-17(22-14)8-5-9-18(16)23-21(25)19-12-20(24-27-19)26-13-15-6-3-2-4-7-15/h2-12H,13H2,1H3,(H,23,25). The molecule has 2 aromatic heterocycles. The molecule has 0 bridgehead atoms. The van der Waals surface area contributed by atoms with Crippen LogP contribution >= 0.6 is 0 Å². The third kappa shape index (κ3) is 3.79. The Labute approximate surface area is 155 Å². The van der Waals surface area contributed by atoms with E-state index in [1.807, 2.05) is 67.6 Å². The molecule has 2 aromatic carbocycles. The first kappa shape index (κ1) is 16.8. The summed E-state index contributed by atoms with van der Waals surface area (Å²) in [5.74, 6) is -0.0560. The summed E-state index contributed by atoms with van der Waals surface area (Å²) in [6.07, 6.45) is 0. The first-order valence-corrected chi connectivity index (χ1v) is 8.50. The normalized spacial score (nSPS) is 10.7. The van der Waals surface area contributed by atoms with Gasteiger partial charge in [-0.1, -0.05) is 36.4 Å². The summed E-state index contributed by atoms with van der Waals surface area (Å²) >= 11 is 0. The van der Waals surface area contributed by atoms with Crippen molar-refractivity contribution >= 4 is 22.5 Å². The average molecular weight is 359 g/mol. The average Bonchev–Trinajstić information content (AvgIpc) is 3.16. The first-order chi connectivity index (χ1) is 13.2. The lowest BCUT2D eigenvalue weighted by Crippen LogP contribution is -2.11. The Bertz CT molecular complexity index is 1090. The Hall–Kier alpha value is -3.67. The summed E-state index contributed by atoms with van der Waals surface area (Å²) < 4.78 is 10.7. The number of rotatable bonds is 5. The van der Waals surface area contributed by atoms with Crippen LogP contribution in [0.2, 0.25) is 0 Å². The monoisotopic (exact) mass is 359 g/mol. The number of ether oxygens (including phenoxy) is 1. The van der Waals surface area contributed by atoms with Crippen LogP contribution < -0.4 is 10.1 Å². The predicted molar refractivity (Wildman–Crippen MR) is 102 cm³/mol. The van der Waals surface area contributed by atoms with Crippen LogP contribution in [0.15, 0.2) is 71.3 Å². The van der Waals surface area contributed by atoms with Crippen molar-refractivity contribution in [2.75, 3.05) is 5.32 Å². The van der Waals surface area contributed by atoms with E-state index in [4.69, 9.17) is 9.26 Å². The van der Waals surface area contributed by atoms with Crippen LogP contribution in [0.3, 0.4) is 0 Å². The molecule has 27 heavy (non-hydrogen) atoms. The maximum atomic E-state index is 12.5. The molecule has 0 spiro atoms. The number of amides is 1. The summed E-state index contributed by atoms with van der Waals surface area (Å²) in [6, 6.07) is 20.6. The van der Waals surface area contributed by atoms with E-state index < -0.39 is 5.91 Å². The quantitative estimate of drug-likeness (QED) is 0.573. The third-order valence-corrected chi connectivity index (χ3v) is 4.06. The molecule has 0 radical (unpaired) electrons. The predicted octanol–water partition coefficient (Wildman–Crippen LogP) is 4.36. The largest absolute Gasteiger partial charge is 0.471 e. The van der Waals surface area contributed by atoms with Gasteiger partial charge < -0.3 is 14.6 Å². The smallest absolute Gasteiger partial charge is 0.294 e. The van der Waals surface area contributed by atoms with Gasteiger partial charge in [0.1, 0.15) is 6.61 Å². The highest BCUT2D eigenvalue weighted by Gasteiger charge is 2.15. The SMILES string of the molecule is Cc1ccc2c(NC(=O)c3cc(OCc4ccccc4)no3)cccc2n1. The molecular formula is C21H17N3O3. The van der Waals surface area contributed by atoms with Crippen molar-refractivity contribution < 1.29 is 14.1 Å². The van der Waals surface area contributed by atoms with Gasteiger partial charge in [0.15, 0.2) is 0 Å². The second-order valence-electron chi connectivity index (χ2n) is 6.08. The lowest BCUT2D eigenvalue weighted by Gasteiger charge is -2.07. The van der Waals surface area contributed by atoms with Gasteiger partial charge in [-0.15, -0.1) is 0 Å². The molecular weight excluding hydrogens is 342 g/mol. The van der Waals surface area contributed by atoms with Crippen molar-refractivity contribution in [1.82, 2.24) is 10.1 Å². The van der Waals surface area contributed by atoms with Crippen molar-refractivity contribution in [1.29, 1.82) is 0 Å². The highest BCUT2D eigenvalue weighted by Crippen LogP contribution is 2.23. The number of nitrogens with one attached hydrogen (secondary N) is 1. The van der Waals surface area contributed by atoms with Crippen LogP contribution in [-0.2, 0) is 6.61 Å². The Morgan fingerprint density at radius 3 is 2.78 bits per heavy atom. The van der Waals surface area contributed by atoms with Gasteiger partial charge in [-0.2, -0.15) is 0 Å². The maximum absolute atomic E-state index is 12.5. The summed E-state index contributed by atoms with van der Waals surface area (Å²) in [6.45, 7) is 2.28. The van der Waals surface area contributed by atoms with Gasteiger partial charge in [-0.3, -0.25) is 9.78 Å². The van der Waals surface area contributed by atoms with Gasteiger partial charge in [0.25, 0.3) is 11.8 Å².